The van der Waals surface area contributed by atoms with Crippen molar-refractivity contribution in [3.63, 3.8) is 0 Å². The number of rotatable bonds is 1. The van der Waals surface area contributed by atoms with Gasteiger partial charge in [-0.25, -0.2) is 24.1 Å². The van der Waals surface area contributed by atoms with Gasteiger partial charge in [0, 0.05) is 6.20 Å². The zero-order valence-electron chi connectivity index (χ0n) is 8.94. The zero-order chi connectivity index (χ0) is 12.7. The Morgan fingerprint density at radius 1 is 1.22 bits per heavy atom. The summed E-state index contributed by atoms with van der Waals surface area (Å²) in [6.07, 6.45) is 3.97. The summed E-state index contributed by atoms with van der Waals surface area (Å²) in [5.74, 6) is 0.117. The molecule has 3 heterocycles. The van der Waals surface area contributed by atoms with Gasteiger partial charge in [-0.15, -0.1) is 0 Å². The van der Waals surface area contributed by atoms with Crippen molar-refractivity contribution < 1.29 is 0 Å². The lowest BCUT2D eigenvalue weighted by Crippen LogP contribution is -2.28. The van der Waals surface area contributed by atoms with Crippen LogP contribution >= 0.6 is 0 Å². The zero-order valence-corrected chi connectivity index (χ0v) is 8.94. The summed E-state index contributed by atoms with van der Waals surface area (Å²) in [6, 6.07) is 1.46. The van der Waals surface area contributed by atoms with Gasteiger partial charge in [0.25, 0.3) is 5.56 Å². The number of aromatic amines is 1. The van der Waals surface area contributed by atoms with Gasteiger partial charge in [0.15, 0.2) is 11.2 Å². The summed E-state index contributed by atoms with van der Waals surface area (Å²) < 4.78 is 2.47. The molecule has 0 amide bonds. The predicted molar refractivity (Wildman–Crippen MR) is 61.9 cm³/mol. The second-order valence-electron chi connectivity index (χ2n) is 3.47. The van der Waals surface area contributed by atoms with Crippen molar-refractivity contribution in [2.75, 3.05) is 5.73 Å². The van der Waals surface area contributed by atoms with Gasteiger partial charge in [-0.05, 0) is 6.07 Å². The lowest BCUT2D eigenvalue weighted by molar-refractivity contribution is 0.624. The third kappa shape index (κ3) is 1.38. The van der Waals surface area contributed by atoms with Crippen LogP contribution in [0.5, 0.6) is 0 Å². The van der Waals surface area contributed by atoms with Crippen LogP contribution in [0.15, 0.2) is 34.5 Å². The standard InChI is InChI=1S/C9H7N7O2/c10-5-1-2-15(9(18)14-5)16-4-13-6-7(16)11-3-12-8(6)17/h1-4H,(H2,10,14,18)(H,11,12,17). The molecule has 0 aliphatic rings. The quantitative estimate of drug-likeness (QED) is 0.541. The SMILES string of the molecule is Nc1ccn(-n2cnc3c(=O)[nH]cnc32)c(=O)n1. The van der Waals surface area contributed by atoms with Gasteiger partial charge in [-0.2, -0.15) is 4.98 Å². The number of H-pyrrole nitrogens is 1. The number of nitrogens with one attached hydrogen (secondary N) is 1. The number of fused-ring (bicyclic) bond motifs is 1. The molecule has 90 valence electrons. The van der Waals surface area contributed by atoms with Crippen LogP contribution in [0.25, 0.3) is 11.2 Å². The van der Waals surface area contributed by atoms with Gasteiger partial charge >= 0.3 is 5.69 Å². The van der Waals surface area contributed by atoms with Gasteiger partial charge in [-0.3, -0.25) is 4.79 Å². The van der Waals surface area contributed by atoms with Gasteiger partial charge in [-0.1, -0.05) is 0 Å². The van der Waals surface area contributed by atoms with Crippen LogP contribution < -0.4 is 17.0 Å². The number of anilines is 1. The molecular formula is C9H7N7O2. The first kappa shape index (κ1) is 10.2. The Balaban J connectivity index is 2.36. The van der Waals surface area contributed by atoms with Crippen LogP contribution in [-0.4, -0.2) is 29.3 Å². The first-order chi connectivity index (χ1) is 8.66. The highest BCUT2D eigenvalue weighted by molar-refractivity contribution is 5.68. The smallest absolute Gasteiger partial charge is 0.368 e. The topological polar surface area (TPSA) is 124 Å². The van der Waals surface area contributed by atoms with E-state index in [0.717, 1.165) is 4.68 Å². The van der Waals surface area contributed by atoms with E-state index in [1.807, 2.05) is 0 Å². The molecule has 0 atom stereocenters. The molecule has 0 saturated carbocycles. The minimum Gasteiger partial charge on any atom is -0.383 e. The van der Waals surface area contributed by atoms with Crippen molar-refractivity contribution in [1.82, 2.24) is 29.3 Å². The number of nitrogen functional groups attached to an aromatic ring is 1. The Labute approximate surface area is 98.5 Å². The third-order valence-corrected chi connectivity index (χ3v) is 2.36. The Kier molecular flexibility index (Phi) is 1.99. The van der Waals surface area contributed by atoms with E-state index in [-0.39, 0.29) is 22.5 Å². The lowest BCUT2D eigenvalue weighted by Gasteiger charge is -2.05. The summed E-state index contributed by atoms with van der Waals surface area (Å²) in [6.45, 7) is 0. The first-order valence-corrected chi connectivity index (χ1v) is 4.93. The molecule has 3 aromatic rings. The molecule has 9 heteroatoms. The van der Waals surface area contributed by atoms with E-state index in [1.165, 1.54) is 29.6 Å². The van der Waals surface area contributed by atoms with Gasteiger partial charge in [0.05, 0.1) is 6.33 Å². The molecule has 0 bridgehead atoms. The van der Waals surface area contributed by atoms with Crippen molar-refractivity contribution in [1.29, 1.82) is 0 Å². The molecule has 0 saturated heterocycles. The van der Waals surface area contributed by atoms with Crippen LogP contribution in [0, 0.1) is 0 Å². The maximum absolute atomic E-state index is 11.7. The first-order valence-electron chi connectivity index (χ1n) is 4.93. The molecule has 0 aliphatic heterocycles. The maximum Gasteiger partial charge on any atom is 0.368 e. The van der Waals surface area contributed by atoms with E-state index in [2.05, 4.69) is 19.9 Å². The fourth-order valence-corrected chi connectivity index (χ4v) is 1.57. The summed E-state index contributed by atoms with van der Waals surface area (Å²) in [5, 5.41) is 0. The van der Waals surface area contributed by atoms with Gasteiger partial charge < -0.3 is 10.7 Å². The Bertz CT molecular complexity index is 844. The molecule has 3 N–H and O–H groups in total. The van der Waals surface area contributed by atoms with Crippen molar-refractivity contribution in [3.05, 3.63) is 45.8 Å². The molecule has 0 aromatic carbocycles. The van der Waals surface area contributed by atoms with E-state index in [4.69, 9.17) is 5.73 Å². The second kappa shape index (κ2) is 3.52. The summed E-state index contributed by atoms with van der Waals surface area (Å²) >= 11 is 0. The summed E-state index contributed by atoms with van der Waals surface area (Å²) in [5.41, 5.74) is 4.83. The summed E-state index contributed by atoms with van der Waals surface area (Å²) in [7, 11) is 0. The molecular weight excluding hydrogens is 238 g/mol. The van der Waals surface area contributed by atoms with E-state index in [1.54, 1.807) is 0 Å². The highest BCUT2D eigenvalue weighted by atomic mass is 16.2. The van der Waals surface area contributed by atoms with Crippen LogP contribution in [-0.2, 0) is 0 Å². The van der Waals surface area contributed by atoms with E-state index < -0.39 is 5.69 Å². The molecule has 0 spiro atoms. The Morgan fingerprint density at radius 3 is 2.83 bits per heavy atom. The molecule has 9 nitrogen and oxygen atoms in total. The average Bonchev–Trinajstić information content (AvgIpc) is 2.74. The number of imidazole rings is 1. The molecule has 18 heavy (non-hydrogen) atoms. The van der Waals surface area contributed by atoms with Gasteiger partial charge in [0.2, 0.25) is 0 Å². The number of hydrogen-bond donors (Lipinski definition) is 2. The highest BCUT2D eigenvalue weighted by Gasteiger charge is 2.09. The van der Waals surface area contributed by atoms with Crippen LogP contribution in [0.3, 0.4) is 0 Å². The molecule has 0 fully saturated rings. The van der Waals surface area contributed by atoms with Crippen LogP contribution in [0.2, 0.25) is 0 Å². The highest BCUT2D eigenvalue weighted by Crippen LogP contribution is 2.03. The number of hydrogen-bond acceptors (Lipinski definition) is 6. The lowest BCUT2D eigenvalue weighted by atomic mass is 10.5. The molecule has 0 unspecified atom stereocenters. The van der Waals surface area contributed by atoms with E-state index >= 15 is 0 Å². The van der Waals surface area contributed by atoms with Crippen LogP contribution in [0.4, 0.5) is 5.82 Å². The molecule has 0 aliphatic carbocycles. The minimum atomic E-state index is -0.587. The molecule has 3 aromatic heterocycles. The number of nitrogens with two attached hydrogens (primary N) is 1. The van der Waals surface area contributed by atoms with Crippen molar-refractivity contribution >= 4 is 17.0 Å². The number of nitrogens with zero attached hydrogens (tertiary/aromatic N) is 5. The van der Waals surface area contributed by atoms with E-state index in [0.29, 0.717) is 0 Å². The normalized spacial score (nSPS) is 10.9. The predicted octanol–water partition coefficient (Wildman–Crippen LogP) is -1.43. The van der Waals surface area contributed by atoms with Crippen molar-refractivity contribution in [3.8, 4) is 0 Å². The fourth-order valence-electron chi connectivity index (χ4n) is 1.57. The van der Waals surface area contributed by atoms with Crippen molar-refractivity contribution in [2.45, 2.75) is 0 Å². The monoisotopic (exact) mass is 245 g/mol. The van der Waals surface area contributed by atoms with Gasteiger partial charge in [0.1, 0.15) is 12.1 Å². The Morgan fingerprint density at radius 2 is 2.06 bits per heavy atom. The van der Waals surface area contributed by atoms with Crippen LogP contribution in [0.1, 0.15) is 0 Å². The fraction of sp³-hybridized carbons (Fsp3) is 0. The van der Waals surface area contributed by atoms with E-state index in [9.17, 15) is 9.59 Å². The largest absolute Gasteiger partial charge is 0.383 e. The summed E-state index contributed by atoms with van der Waals surface area (Å²) in [4.78, 5) is 37.0. The average molecular weight is 245 g/mol. The maximum atomic E-state index is 11.7. The second-order valence-corrected chi connectivity index (χ2v) is 3.47. The molecule has 3 rings (SSSR count). The van der Waals surface area contributed by atoms with Crippen molar-refractivity contribution in [2.24, 2.45) is 0 Å². The third-order valence-electron chi connectivity index (χ3n) is 2.36. The molecule has 0 radical (unpaired) electrons. The minimum absolute atomic E-state index is 0.117. The Hall–Kier alpha value is -2.97. The number of aromatic nitrogens is 6.